The molecule has 1 atom stereocenters. The van der Waals surface area contributed by atoms with Crippen LogP contribution in [0.1, 0.15) is 39.5 Å². The molecule has 0 aromatic carbocycles. The lowest BCUT2D eigenvalue weighted by Gasteiger charge is -2.17. The van der Waals surface area contributed by atoms with Gasteiger partial charge < -0.3 is 20.7 Å². The Bertz CT molecular complexity index is 362. The summed E-state index contributed by atoms with van der Waals surface area (Å²) in [6.07, 6.45) is 6.46. The summed E-state index contributed by atoms with van der Waals surface area (Å²) in [6, 6.07) is 0.0704. The van der Waals surface area contributed by atoms with Gasteiger partial charge in [-0.1, -0.05) is 0 Å². The van der Waals surface area contributed by atoms with Gasteiger partial charge in [0.15, 0.2) is 5.96 Å². The number of amides is 1. The molecule has 0 saturated heterocycles. The number of guanidine groups is 1. The number of nitrogens with one attached hydrogen (secondary N) is 3. The molecule has 0 heterocycles. The zero-order chi connectivity index (χ0) is 16.9. The van der Waals surface area contributed by atoms with Gasteiger partial charge in [0, 0.05) is 13.1 Å². The van der Waals surface area contributed by atoms with Gasteiger partial charge in [0.05, 0.1) is 19.2 Å². The summed E-state index contributed by atoms with van der Waals surface area (Å²) in [6.45, 7) is 6.60. The summed E-state index contributed by atoms with van der Waals surface area (Å²) >= 11 is 1.88. The molecule has 1 aliphatic rings. The number of thioether (sulfide) groups is 1. The number of carbonyl (C=O) groups excluding carboxylic acids is 1. The quantitative estimate of drug-likeness (QED) is 0.304. The first-order valence-electron chi connectivity index (χ1n) is 8.65. The van der Waals surface area contributed by atoms with Gasteiger partial charge in [-0.2, -0.15) is 11.8 Å². The first-order chi connectivity index (χ1) is 11.2. The first-order valence-corrected chi connectivity index (χ1v) is 10.0. The van der Waals surface area contributed by atoms with E-state index in [1.54, 1.807) is 0 Å². The Morgan fingerprint density at radius 3 is 2.70 bits per heavy atom. The van der Waals surface area contributed by atoms with Crippen LogP contribution in [0.4, 0.5) is 4.79 Å². The molecule has 6 nitrogen and oxygen atoms in total. The Hall–Kier alpha value is -1.11. The van der Waals surface area contributed by atoms with Crippen LogP contribution in [0.15, 0.2) is 4.99 Å². The highest BCUT2D eigenvalue weighted by Crippen LogP contribution is 2.32. The molecule has 1 unspecified atom stereocenters. The number of alkyl carbamates (subject to hydrolysis) is 1. The van der Waals surface area contributed by atoms with E-state index in [-0.39, 0.29) is 12.1 Å². The third-order valence-corrected chi connectivity index (χ3v) is 4.32. The van der Waals surface area contributed by atoms with Crippen molar-refractivity contribution in [3.05, 3.63) is 0 Å². The molecule has 134 valence electrons. The average Bonchev–Trinajstić information content (AvgIpc) is 3.36. The third kappa shape index (κ3) is 9.58. The zero-order valence-electron chi connectivity index (χ0n) is 14.7. The normalized spacial score (nSPS) is 15.9. The van der Waals surface area contributed by atoms with Crippen LogP contribution in [0.25, 0.3) is 0 Å². The first kappa shape index (κ1) is 19.9. The van der Waals surface area contributed by atoms with Crippen molar-refractivity contribution in [1.82, 2.24) is 16.0 Å². The minimum atomic E-state index is -0.338. The number of ether oxygens (including phenoxy) is 1. The largest absolute Gasteiger partial charge is 0.450 e. The molecule has 3 N–H and O–H groups in total. The molecule has 0 spiro atoms. The Kier molecular flexibility index (Phi) is 10.7. The van der Waals surface area contributed by atoms with E-state index in [2.05, 4.69) is 34.1 Å². The number of unbranched alkanes of at least 4 members (excludes halogenated alkanes) is 1. The maximum absolute atomic E-state index is 11.6. The lowest BCUT2D eigenvalue weighted by Crippen LogP contribution is -2.42. The summed E-state index contributed by atoms with van der Waals surface area (Å²) in [7, 11) is 0. The molecule has 1 fully saturated rings. The van der Waals surface area contributed by atoms with Crippen LogP contribution >= 0.6 is 11.8 Å². The van der Waals surface area contributed by atoms with E-state index in [9.17, 15) is 4.79 Å². The van der Waals surface area contributed by atoms with Crippen molar-refractivity contribution >= 4 is 23.8 Å². The van der Waals surface area contributed by atoms with Gasteiger partial charge in [-0.15, -0.1) is 0 Å². The monoisotopic (exact) mass is 344 g/mol. The Balaban J connectivity index is 2.40. The highest BCUT2D eigenvalue weighted by molar-refractivity contribution is 7.98. The van der Waals surface area contributed by atoms with Crippen LogP contribution in [0.5, 0.6) is 0 Å². The predicted octanol–water partition coefficient (Wildman–Crippen LogP) is 2.21. The minimum absolute atomic E-state index is 0.0704. The standard InChI is InChI=1S/C16H32N4O2S/c1-4-17-15(18-10-6-7-11-23-3)19-12-14(13-8-9-13)20-16(21)22-5-2/h13-14H,4-12H2,1-3H3,(H,20,21)(H2,17,18,19). The van der Waals surface area contributed by atoms with Crippen molar-refractivity contribution in [2.75, 3.05) is 38.2 Å². The summed E-state index contributed by atoms with van der Waals surface area (Å²) in [5, 5.41) is 9.55. The van der Waals surface area contributed by atoms with Crippen LogP contribution in [0.2, 0.25) is 0 Å². The van der Waals surface area contributed by atoms with E-state index in [0.717, 1.165) is 38.3 Å². The summed E-state index contributed by atoms with van der Waals surface area (Å²) in [5.41, 5.74) is 0. The highest BCUT2D eigenvalue weighted by Gasteiger charge is 2.32. The molecular formula is C16H32N4O2S. The topological polar surface area (TPSA) is 74.8 Å². The van der Waals surface area contributed by atoms with Crippen LogP contribution in [0.3, 0.4) is 0 Å². The second-order valence-corrected chi connectivity index (χ2v) is 6.64. The van der Waals surface area contributed by atoms with Gasteiger partial charge in [-0.05, 0) is 57.5 Å². The molecule has 1 saturated carbocycles. The number of aliphatic imine (C=N–C) groups is 1. The van der Waals surface area contributed by atoms with Gasteiger partial charge >= 0.3 is 6.09 Å². The van der Waals surface area contributed by atoms with Gasteiger partial charge in [-0.25, -0.2) is 4.79 Å². The highest BCUT2D eigenvalue weighted by atomic mass is 32.2. The van der Waals surface area contributed by atoms with Crippen LogP contribution in [-0.2, 0) is 4.74 Å². The molecule has 1 aliphatic carbocycles. The smallest absolute Gasteiger partial charge is 0.407 e. The fourth-order valence-corrected chi connectivity index (χ4v) is 2.74. The number of rotatable bonds is 11. The van der Waals surface area contributed by atoms with Crippen LogP contribution < -0.4 is 16.0 Å². The Labute approximate surface area is 144 Å². The molecular weight excluding hydrogens is 312 g/mol. The molecule has 0 bridgehead atoms. The van der Waals surface area contributed by atoms with Crippen molar-refractivity contribution in [3.63, 3.8) is 0 Å². The number of hydrogen-bond donors (Lipinski definition) is 3. The van der Waals surface area contributed by atoms with Crippen molar-refractivity contribution in [2.45, 2.75) is 45.6 Å². The van der Waals surface area contributed by atoms with Crippen molar-refractivity contribution in [2.24, 2.45) is 10.9 Å². The average molecular weight is 345 g/mol. The number of carbonyl (C=O) groups is 1. The van der Waals surface area contributed by atoms with E-state index in [1.165, 1.54) is 12.2 Å². The van der Waals surface area contributed by atoms with Gasteiger partial charge in [0.25, 0.3) is 0 Å². The molecule has 0 aromatic heterocycles. The summed E-state index contributed by atoms with van der Waals surface area (Å²) < 4.78 is 4.98. The number of hydrogen-bond acceptors (Lipinski definition) is 4. The minimum Gasteiger partial charge on any atom is -0.450 e. The molecule has 23 heavy (non-hydrogen) atoms. The van der Waals surface area contributed by atoms with Crippen molar-refractivity contribution < 1.29 is 9.53 Å². The molecule has 1 amide bonds. The summed E-state index contributed by atoms with van der Waals surface area (Å²) in [4.78, 5) is 16.2. The number of nitrogens with zero attached hydrogens (tertiary/aromatic N) is 1. The maximum Gasteiger partial charge on any atom is 0.407 e. The molecule has 7 heteroatoms. The van der Waals surface area contributed by atoms with E-state index < -0.39 is 0 Å². The lowest BCUT2D eigenvalue weighted by molar-refractivity contribution is 0.147. The lowest BCUT2D eigenvalue weighted by atomic mass is 10.2. The van der Waals surface area contributed by atoms with E-state index >= 15 is 0 Å². The van der Waals surface area contributed by atoms with E-state index in [1.807, 2.05) is 18.7 Å². The fourth-order valence-electron chi connectivity index (χ4n) is 2.24. The second-order valence-electron chi connectivity index (χ2n) is 5.66. The van der Waals surface area contributed by atoms with Crippen molar-refractivity contribution in [3.8, 4) is 0 Å². The Morgan fingerprint density at radius 2 is 2.09 bits per heavy atom. The molecule has 1 rings (SSSR count). The van der Waals surface area contributed by atoms with E-state index in [4.69, 9.17) is 4.74 Å². The van der Waals surface area contributed by atoms with Crippen LogP contribution in [-0.4, -0.2) is 56.3 Å². The zero-order valence-corrected chi connectivity index (χ0v) is 15.5. The fraction of sp³-hybridized carbons (Fsp3) is 0.875. The second kappa shape index (κ2) is 12.3. The SMILES string of the molecule is CCNC(=NCC(NC(=O)OCC)C1CC1)NCCCCSC. The molecule has 0 radical (unpaired) electrons. The third-order valence-electron chi connectivity index (χ3n) is 3.63. The predicted molar refractivity (Wildman–Crippen MR) is 98.3 cm³/mol. The summed E-state index contributed by atoms with van der Waals surface area (Å²) in [5.74, 6) is 2.56. The molecule has 0 aliphatic heterocycles. The van der Waals surface area contributed by atoms with Gasteiger partial charge in [0.2, 0.25) is 0 Å². The van der Waals surface area contributed by atoms with Gasteiger partial charge in [-0.3, -0.25) is 4.99 Å². The Morgan fingerprint density at radius 1 is 1.30 bits per heavy atom. The van der Waals surface area contributed by atoms with Gasteiger partial charge in [0.1, 0.15) is 0 Å². The van der Waals surface area contributed by atoms with E-state index in [0.29, 0.717) is 19.1 Å². The van der Waals surface area contributed by atoms with Crippen molar-refractivity contribution in [1.29, 1.82) is 0 Å². The molecule has 0 aromatic rings. The van der Waals surface area contributed by atoms with Crippen LogP contribution in [0, 0.1) is 5.92 Å². The maximum atomic E-state index is 11.6.